The number of hydrogen-bond acceptors (Lipinski definition) is 5. The summed E-state index contributed by atoms with van der Waals surface area (Å²) in [6, 6.07) is 0. The molecule has 3 atom stereocenters. The van der Waals surface area contributed by atoms with Crippen molar-refractivity contribution in [1.29, 1.82) is 0 Å². The zero-order valence-corrected chi connectivity index (χ0v) is 12.9. The Kier molecular flexibility index (Phi) is 3.15. The molecule has 3 rings (SSSR count). The smallest absolute Gasteiger partial charge is 0.241 e. The monoisotopic (exact) mass is 295 g/mol. The summed E-state index contributed by atoms with van der Waals surface area (Å²) in [4.78, 5) is 17.9. The molecule has 20 heavy (non-hydrogen) atoms. The van der Waals surface area contributed by atoms with E-state index in [9.17, 15) is 4.79 Å². The second kappa shape index (κ2) is 4.51. The number of amides is 1. The van der Waals surface area contributed by atoms with E-state index >= 15 is 0 Å². The van der Waals surface area contributed by atoms with Gasteiger partial charge in [-0.25, -0.2) is 4.98 Å². The molecule has 1 saturated heterocycles. The van der Waals surface area contributed by atoms with E-state index in [0.717, 1.165) is 17.0 Å². The van der Waals surface area contributed by atoms with E-state index in [4.69, 9.17) is 10.5 Å². The summed E-state index contributed by atoms with van der Waals surface area (Å²) >= 11 is 1.56. The molecule has 3 unspecified atom stereocenters. The van der Waals surface area contributed by atoms with Crippen LogP contribution >= 0.6 is 11.3 Å². The summed E-state index contributed by atoms with van der Waals surface area (Å²) in [5.74, 6) is 0.0714. The van der Waals surface area contributed by atoms with Gasteiger partial charge < -0.3 is 15.8 Å². The highest BCUT2D eigenvalue weighted by Gasteiger charge is 2.71. The van der Waals surface area contributed by atoms with Gasteiger partial charge in [0.25, 0.3) is 0 Å². The molecule has 6 heteroatoms. The first-order chi connectivity index (χ1) is 9.39. The van der Waals surface area contributed by atoms with E-state index in [2.05, 4.69) is 10.3 Å². The first kappa shape index (κ1) is 14.0. The van der Waals surface area contributed by atoms with E-state index < -0.39 is 5.54 Å². The third-order valence-corrected chi connectivity index (χ3v) is 6.02. The summed E-state index contributed by atoms with van der Waals surface area (Å²) in [5, 5.41) is 2.99. The van der Waals surface area contributed by atoms with Gasteiger partial charge in [-0.2, -0.15) is 0 Å². The normalized spacial score (nSPS) is 34.4. The first-order valence-electron chi connectivity index (χ1n) is 6.96. The average Bonchev–Trinajstić information content (AvgIpc) is 3.03. The van der Waals surface area contributed by atoms with Gasteiger partial charge in [0.15, 0.2) is 0 Å². The van der Waals surface area contributed by atoms with Crippen molar-refractivity contribution < 1.29 is 9.53 Å². The lowest BCUT2D eigenvalue weighted by Crippen LogP contribution is -2.80. The molecule has 3 N–H and O–H groups in total. The van der Waals surface area contributed by atoms with E-state index in [0.29, 0.717) is 13.2 Å². The molecule has 1 amide bonds. The van der Waals surface area contributed by atoms with E-state index in [1.165, 1.54) is 0 Å². The van der Waals surface area contributed by atoms with Crippen LogP contribution in [-0.4, -0.2) is 29.1 Å². The highest BCUT2D eigenvalue weighted by atomic mass is 32.1. The van der Waals surface area contributed by atoms with Crippen molar-refractivity contribution in [1.82, 2.24) is 10.3 Å². The number of ether oxygens (including phenoxy) is 1. The Morgan fingerprint density at radius 3 is 3.05 bits per heavy atom. The van der Waals surface area contributed by atoms with Crippen LogP contribution in [0.5, 0.6) is 0 Å². The van der Waals surface area contributed by atoms with Gasteiger partial charge in [-0.15, -0.1) is 11.3 Å². The Labute approximate surface area is 122 Å². The molecule has 1 aliphatic carbocycles. The molecule has 2 aliphatic rings. The van der Waals surface area contributed by atoms with Gasteiger partial charge in [0.05, 0.1) is 23.9 Å². The zero-order chi connectivity index (χ0) is 14.5. The summed E-state index contributed by atoms with van der Waals surface area (Å²) in [6.45, 7) is 7.21. The molecule has 1 aliphatic heterocycles. The fourth-order valence-corrected chi connectivity index (χ4v) is 4.36. The third kappa shape index (κ3) is 1.68. The van der Waals surface area contributed by atoms with Crippen LogP contribution in [0.3, 0.4) is 0 Å². The molecule has 0 spiro atoms. The van der Waals surface area contributed by atoms with Crippen LogP contribution in [0.2, 0.25) is 0 Å². The zero-order valence-electron chi connectivity index (χ0n) is 12.1. The van der Waals surface area contributed by atoms with Gasteiger partial charge in [0.2, 0.25) is 5.91 Å². The van der Waals surface area contributed by atoms with Crippen LogP contribution in [0.4, 0.5) is 0 Å². The minimum absolute atomic E-state index is 0.0675. The molecular formula is C14H21N3O2S. The number of nitrogens with zero attached hydrogens (tertiary/aromatic N) is 1. The maximum atomic E-state index is 12.6. The summed E-state index contributed by atoms with van der Waals surface area (Å²) in [7, 11) is 0. The van der Waals surface area contributed by atoms with Crippen LogP contribution in [0, 0.1) is 18.3 Å². The number of carbonyl (C=O) groups is 1. The lowest BCUT2D eigenvalue weighted by atomic mass is 9.48. The predicted molar refractivity (Wildman–Crippen MR) is 77.2 cm³/mol. The Bertz CT molecular complexity index is 542. The quantitative estimate of drug-likeness (QED) is 0.878. The fraction of sp³-hybridized carbons (Fsp3) is 0.714. The number of rotatable bonds is 3. The minimum Gasteiger partial charge on any atom is -0.377 e. The van der Waals surface area contributed by atoms with Gasteiger partial charge >= 0.3 is 0 Å². The molecule has 0 bridgehead atoms. The molecule has 110 valence electrons. The molecule has 1 saturated carbocycles. The van der Waals surface area contributed by atoms with Crippen molar-refractivity contribution in [3.05, 3.63) is 16.1 Å². The number of carbonyl (C=O) groups excluding carboxylic acids is 1. The number of hydrogen-bond donors (Lipinski definition) is 2. The van der Waals surface area contributed by atoms with Crippen molar-refractivity contribution in [2.24, 2.45) is 17.1 Å². The lowest BCUT2D eigenvalue weighted by Gasteiger charge is -2.60. The summed E-state index contributed by atoms with van der Waals surface area (Å²) in [5.41, 5.74) is 8.10. The van der Waals surface area contributed by atoms with Crippen LogP contribution in [-0.2, 0) is 16.1 Å². The third-order valence-electron chi connectivity index (χ3n) is 5.08. The largest absolute Gasteiger partial charge is 0.377 e. The average molecular weight is 295 g/mol. The SMILES string of the molecule is Cc1ncsc1CNC(=O)C1(N)C2CCOC2C1(C)C. The number of nitrogens with two attached hydrogens (primary N) is 1. The maximum absolute atomic E-state index is 12.6. The molecule has 1 aromatic heterocycles. The fourth-order valence-electron chi connectivity index (χ4n) is 3.65. The molecule has 0 radical (unpaired) electrons. The van der Waals surface area contributed by atoms with Crippen LogP contribution < -0.4 is 11.1 Å². The van der Waals surface area contributed by atoms with Crippen LogP contribution in [0.1, 0.15) is 30.8 Å². The van der Waals surface area contributed by atoms with Crippen molar-refractivity contribution in [2.75, 3.05) is 6.61 Å². The first-order valence-corrected chi connectivity index (χ1v) is 7.84. The number of nitrogens with one attached hydrogen (secondary N) is 1. The van der Waals surface area contributed by atoms with Gasteiger partial charge in [-0.1, -0.05) is 13.8 Å². The van der Waals surface area contributed by atoms with E-state index in [-0.39, 0.29) is 23.3 Å². The summed E-state index contributed by atoms with van der Waals surface area (Å²) < 4.78 is 5.71. The van der Waals surface area contributed by atoms with Crippen LogP contribution in [0.25, 0.3) is 0 Å². The lowest BCUT2D eigenvalue weighted by molar-refractivity contribution is -0.175. The summed E-state index contributed by atoms with van der Waals surface area (Å²) in [6.07, 6.45) is 0.987. The van der Waals surface area contributed by atoms with Gasteiger partial charge in [0, 0.05) is 22.8 Å². The Hall–Kier alpha value is -0.980. The van der Waals surface area contributed by atoms with Gasteiger partial charge in [0.1, 0.15) is 5.54 Å². The number of aromatic nitrogens is 1. The van der Waals surface area contributed by atoms with Crippen molar-refractivity contribution in [2.45, 2.75) is 45.4 Å². The Morgan fingerprint density at radius 1 is 1.65 bits per heavy atom. The second-order valence-electron chi connectivity index (χ2n) is 6.32. The molecule has 2 fully saturated rings. The maximum Gasteiger partial charge on any atom is 0.241 e. The standard InChI is InChI=1S/C14H21N3O2S/c1-8-10(20-7-17-8)6-16-12(18)14(15)9-4-5-19-11(9)13(14,2)3/h7,9,11H,4-6,15H2,1-3H3,(H,16,18). The molecule has 0 aromatic carbocycles. The number of fused-ring (bicyclic) bond motifs is 1. The molecule has 5 nitrogen and oxygen atoms in total. The Morgan fingerprint density at radius 2 is 2.40 bits per heavy atom. The highest BCUT2D eigenvalue weighted by Crippen LogP contribution is 2.58. The minimum atomic E-state index is -0.827. The number of aryl methyl sites for hydroxylation is 1. The Balaban J connectivity index is 1.72. The van der Waals surface area contributed by atoms with Crippen molar-refractivity contribution in [3.63, 3.8) is 0 Å². The number of thiazole rings is 1. The second-order valence-corrected chi connectivity index (χ2v) is 7.26. The molecular weight excluding hydrogens is 274 g/mol. The topological polar surface area (TPSA) is 77.2 Å². The van der Waals surface area contributed by atoms with E-state index in [1.54, 1.807) is 16.8 Å². The molecule has 2 heterocycles. The van der Waals surface area contributed by atoms with Crippen molar-refractivity contribution >= 4 is 17.2 Å². The van der Waals surface area contributed by atoms with Crippen molar-refractivity contribution in [3.8, 4) is 0 Å². The van der Waals surface area contributed by atoms with Crippen LogP contribution in [0.15, 0.2) is 5.51 Å². The highest BCUT2D eigenvalue weighted by molar-refractivity contribution is 7.09. The van der Waals surface area contributed by atoms with Gasteiger partial charge in [-0.05, 0) is 13.3 Å². The van der Waals surface area contributed by atoms with Gasteiger partial charge in [-0.3, -0.25) is 4.79 Å². The van der Waals surface area contributed by atoms with E-state index in [1.807, 2.05) is 20.8 Å². The molecule has 1 aromatic rings. The predicted octanol–water partition coefficient (Wildman–Crippen LogP) is 1.21.